The molecule has 5 heterocycles. The van der Waals surface area contributed by atoms with Crippen molar-refractivity contribution in [2.75, 3.05) is 38.5 Å². The molecule has 8 heteroatoms. The fourth-order valence-electron chi connectivity index (χ4n) is 4.68. The van der Waals surface area contributed by atoms with Crippen molar-refractivity contribution in [1.82, 2.24) is 29.4 Å². The van der Waals surface area contributed by atoms with Crippen molar-refractivity contribution in [3.05, 3.63) is 45.1 Å². The maximum Gasteiger partial charge on any atom is 0.267 e. The Morgan fingerprint density at radius 2 is 1.86 bits per heavy atom. The second kappa shape index (κ2) is 8.62. The normalized spacial score (nSPS) is 20.4. The Balaban J connectivity index is 1.13. The smallest absolute Gasteiger partial charge is 0.267 e. The Hall–Kier alpha value is -1.64. The molecule has 0 unspecified atom stereocenters. The lowest BCUT2D eigenvalue weighted by atomic mass is 10.1. The van der Waals surface area contributed by atoms with E-state index in [1.165, 1.54) is 30.5 Å². The molecule has 7 nitrogen and oxygen atoms in total. The van der Waals surface area contributed by atoms with Gasteiger partial charge in [0, 0.05) is 75.3 Å². The molecule has 2 aromatic heterocycles. The second-order valence-electron chi connectivity index (χ2n) is 8.39. The first-order valence-corrected chi connectivity index (χ1v) is 12.1. The highest BCUT2D eigenvalue weighted by molar-refractivity contribution is 7.98. The van der Waals surface area contributed by atoms with E-state index in [1.807, 2.05) is 11.8 Å². The van der Waals surface area contributed by atoms with Gasteiger partial charge in [-0.3, -0.25) is 19.3 Å². The van der Waals surface area contributed by atoms with E-state index in [9.17, 15) is 4.79 Å². The molecule has 1 fully saturated rings. The van der Waals surface area contributed by atoms with Gasteiger partial charge in [-0.25, -0.2) is 4.68 Å². The van der Waals surface area contributed by atoms with Crippen molar-refractivity contribution in [2.24, 2.45) is 0 Å². The van der Waals surface area contributed by atoms with E-state index >= 15 is 0 Å². The van der Waals surface area contributed by atoms with E-state index in [4.69, 9.17) is 0 Å². The summed E-state index contributed by atoms with van der Waals surface area (Å²) in [7, 11) is 0. The summed E-state index contributed by atoms with van der Waals surface area (Å²) in [5, 5.41) is 9.23. The van der Waals surface area contributed by atoms with Crippen LogP contribution in [0.2, 0.25) is 0 Å². The van der Waals surface area contributed by atoms with Crippen LogP contribution in [-0.4, -0.2) is 67.8 Å². The van der Waals surface area contributed by atoms with Gasteiger partial charge in [0.05, 0.1) is 18.4 Å². The van der Waals surface area contributed by atoms with Crippen molar-refractivity contribution in [3.63, 3.8) is 0 Å². The van der Waals surface area contributed by atoms with Gasteiger partial charge in [-0.15, -0.1) is 0 Å². The molecule has 3 aliphatic heterocycles. The SMILES string of the molecule is O=c1cc2c(nn1CCN1CCN(Cc3cnn4c3CCCC4)CC1)CCSC2. The van der Waals surface area contributed by atoms with Crippen LogP contribution >= 0.6 is 11.8 Å². The van der Waals surface area contributed by atoms with Crippen LogP contribution in [0.25, 0.3) is 0 Å². The number of hydrogen-bond acceptors (Lipinski definition) is 6. The number of hydrogen-bond donors (Lipinski definition) is 0. The molecule has 29 heavy (non-hydrogen) atoms. The van der Waals surface area contributed by atoms with Crippen molar-refractivity contribution in [2.45, 2.75) is 51.1 Å². The molecule has 0 bridgehead atoms. The maximum absolute atomic E-state index is 12.4. The summed E-state index contributed by atoms with van der Waals surface area (Å²) < 4.78 is 3.89. The first kappa shape index (κ1) is 19.3. The zero-order valence-electron chi connectivity index (χ0n) is 17.1. The van der Waals surface area contributed by atoms with E-state index in [1.54, 1.807) is 10.7 Å². The molecular weight excluding hydrogens is 384 g/mol. The molecule has 0 aromatic carbocycles. The number of nitrogens with zero attached hydrogens (tertiary/aromatic N) is 6. The zero-order valence-corrected chi connectivity index (χ0v) is 17.9. The van der Waals surface area contributed by atoms with Crippen molar-refractivity contribution < 1.29 is 0 Å². The lowest BCUT2D eigenvalue weighted by Gasteiger charge is -2.34. The van der Waals surface area contributed by atoms with Gasteiger partial charge in [0.15, 0.2) is 0 Å². The number of thioether (sulfide) groups is 1. The second-order valence-corrected chi connectivity index (χ2v) is 9.50. The van der Waals surface area contributed by atoms with E-state index in [2.05, 4.69) is 30.9 Å². The van der Waals surface area contributed by atoms with Gasteiger partial charge in [0.25, 0.3) is 5.56 Å². The number of aromatic nitrogens is 4. The van der Waals surface area contributed by atoms with Crippen molar-refractivity contribution >= 4 is 11.8 Å². The average molecular weight is 415 g/mol. The van der Waals surface area contributed by atoms with Crippen molar-refractivity contribution in [3.8, 4) is 0 Å². The monoisotopic (exact) mass is 414 g/mol. The summed E-state index contributed by atoms with van der Waals surface area (Å²) >= 11 is 1.89. The van der Waals surface area contributed by atoms with Crippen LogP contribution < -0.4 is 5.56 Å². The Kier molecular flexibility index (Phi) is 5.74. The van der Waals surface area contributed by atoms with E-state index in [0.717, 1.165) is 75.0 Å². The zero-order chi connectivity index (χ0) is 19.6. The highest BCUT2D eigenvalue weighted by atomic mass is 32.2. The standard InChI is InChI=1S/C21H30N6OS/c28-21-13-17-16-29-12-4-19(17)23-27(21)11-10-24-6-8-25(9-7-24)15-18-14-22-26-5-2-1-3-20(18)26/h13-14H,1-12,15-16H2. The molecule has 2 aromatic rings. The van der Waals surface area contributed by atoms with Gasteiger partial charge in [-0.2, -0.15) is 22.0 Å². The van der Waals surface area contributed by atoms with E-state index in [-0.39, 0.29) is 5.56 Å². The Labute approximate surface area is 176 Å². The Morgan fingerprint density at radius 1 is 1.00 bits per heavy atom. The van der Waals surface area contributed by atoms with Crippen LogP contribution in [0.15, 0.2) is 17.1 Å². The van der Waals surface area contributed by atoms with Crippen LogP contribution in [-0.2, 0) is 38.2 Å². The molecule has 156 valence electrons. The molecule has 0 aliphatic carbocycles. The predicted molar refractivity (Wildman–Crippen MR) is 115 cm³/mol. The number of rotatable bonds is 5. The molecule has 0 spiro atoms. The van der Waals surface area contributed by atoms with Gasteiger partial charge in [0.2, 0.25) is 0 Å². The molecule has 0 saturated carbocycles. The molecule has 0 radical (unpaired) electrons. The summed E-state index contributed by atoms with van der Waals surface area (Å²) in [6, 6.07) is 1.80. The van der Waals surface area contributed by atoms with Crippen LogP contribution in [0, 0.1) is 0 Å². The van der Waals surface area contributed by atoms with Crippen LogP contribution in [0.3, 0.4) is 0 Å². The predicted octanol–water partition coefficient (Wildman–Crippen LogP) is 1.38. The topological polar surface area (TPSA) is 59.2 Å². The first-order chi connectivity index (χ1) is 14.3. The van der Waals surface area contributed by atoms with Gasteiger partial charge >= 0.3 is 0 Å². The average Bonchev–Trinajstić information content (AvgIpc) is 3.16. The first-order valence-electron chi connectivity index (χ1n) is 10.9. The number of fused-ring (bicyclic) bond motifs is 2. The van der Waals surface area contributed by atoms with Gasteiger partial charge in [-0.05, 0) is 30.6 Å². The van der Waals surface area contributed by atoms with Gasteiger partial charge in [0.1, 0.15) is 0 Å². The third-order valence-corrected chi connectivity index (χ3v) is 7.47. The minimum atomic E-state index is 0.0517. The van der Waals surface area contributed by atoms with Crippen molar-refractivity contribution in [1.29, 1.82) is 0 Å². The fourth-order valence-corrected chi connectivity index (χ4v) is 5.63. The summed E-state index contributed by atoms with van der Waals surface area (Å²) in [5.74, 6) is 2.04. The fraction of sp³-hybridized carbons (Fsp3) is 0.667. The Morgan fingerprint density at radius 3 is 2.76 bits per heavy atom. The summed E-state index contributed by atoms with van der Waals surface area (Å²) in [6.45, 7) is 7.96. The molecule has 0 amide bonds. The molecule has 1 saturated heterocycles. The van der Waals surface area contributed by atoms with Crippen LogP contribution in [0.1, 0.15) is 35.4 Å². The quantitative estimate of drug-likeness (QED) is 0.737. The lowest BCUT2D eigenvalue weighted by Crippen LogP contribution is -2.47. The molecule has 0 N–H and O–H groups in total. The third-order valence-electron chi connectivity index (χ3n) is 6.46. The lowest BCUT2D eigenvalue weighted by molar-refractivity contribution is 0.122. The minimum absolute atomic E-state index is 0.0517. The maximum atomic E-state index is 12.4. The summed E-state index contributed by atoms with van der Waals surface area (Å²) in [4.78, 5) is 17.4. The van der Waals surface area contributed by atoms with Crippen LogP contribution in [0.5, 0.6) is 0 Å². The molecule has 5 rings (SSSR count). The molecule has 3 aliphatic rings. The third kappa shape index (κ3) is 4.29. The summed E-state index contributed by atoms with van der Waals surface area (Å²) in [5.41, 5.74) is 5.18. The molecular formula is C21H30N6OS. The Bertz CT molecular complexity index is 914. The largest absolute Gasteiger partial charge is 0.299 e. The highest BCUT2D eigenvalue weighted by Gasteiger charge is 2.21. The van der Waals surface area contributed by atoms with Crippen LogP contribution in [0.4, 0.5) is 0 Å². The van der Waals surface area contributed by atoms with E-state index in [0.29, 0.717) is 6.54 Å². The van der Waals surface area contributed by atoms with E-state index < -0.39 is 0 Å². The van der Waals surface area contributed by atoms with Gasteiger partial charge in [-0.1, -0.05) is 0 Å². The highest BCUT2D eigenvalue weighted by Crippen LogP contribution is 2.21. The summed E-state index contributed by atoms with van der Waals surface area (Å²) in [6.07, 6.45) is 6.79. The van der Waals surface area contributed by atoms with Gasteiger partial charge < -0.3 is 0 Å². The number of aryl methyl sites for hydroxylation is 2. The number of piperazine rings is 1. The minimum Gasteiger partial charge on any atom is -0.299 e. The molecule has 0 atom stereocenters.